The van der Waals surface area contributed by atoms with Gasteiger partial charge in [-0.2, -0.15) is 5.10 Å². The number of benzene rings is 1. The first-order chi connectivity index (χ1) is 9.40. The highest BCUT2D eigenvalue weighted by molar-refractivity contribution is 5.62. The summed E-state index contributed by atoms with van der Waals surface area (Å²) >= 11 is 0. The van der Waals surface area contributed by atoms with Crippen LogP contribution in [0.25, 0.3) is 0 Å². The van der Waals surface area contributed by atoms with Gasteiger partial charge in [0.05, 0.1) is 16.7 Å². The van der Waals surface area contributed by atoms with Crippen LogP contribution >= 0.6 is 0 Å². The van der Waals surface area contributed by atoms with Crippen LogP contribution in [0, 0.1) is 35.6 Å². The number of nitro benzene ring substituents is 1. The first-order valence-corrected chi connectivity index (χ1v) is 5.78. The molecule has 0 unspecified atom stereocenters. The largest absolute Gasteiger partial charge is 0.373 e. The molecule has 0 spiro atoms. The van der Waals surface area contributed by atoms with E-state index in [1.165, 1.54) is 0 Å². The third-order valence-corrected chi connectivity index (χ3v) is 2.95. The van der Waals surface area contributed by atoms with Crippen LogP contribution in [0.2, 0.25) is 0 Å². The number of aromatic amines is 1. The molecule has 0 bridgehead atoms. The van der Waals surface area contributed by atoms with Crippen molar-refractivity contribution < 1.29 is 13.7 Å². The predicted molar refractivity (Wildman–Crippen MR) is 68.4 cm³/mol. The lowest BCUT2D eigenvalue weighted by molar-refractivity contribution is -0.384. The highest BCUT2D eigenvalue weighted by Crippen LogP contribution is 2.29. The normalized spacial score (nSPS) is 10.6. The zero-order chi connectivity index (χ0) is 14.9. The summed E-state index contributed by atoms with van der Waals surface area (Å²) in [6.07, 6.45) is 0. The Morgan fingerprint density at radius 2 is 2.10 bits per heavy atom. The van der Waals surface area contributed by atoms with E-state index in [2.05, 4.69) is 15.5 Å². The Morgan fingerprint density at radius 3 is 2.65 bits per heavy atom. The third-order valence-electron chi connectivity index (χ3n) is 2.95. The summed E-state index contributed by atoms with van der Waals surface area (Å²) in [5.41, 5.74) is 1.29. The van der Waals surface area contributed by atoms with Crippen molar-refractivity contribution >= 4 is 11.4 Å². The maximum Gasteiger partial charge on any atom is 0.298 e. The molecule has 0 fully saturated rings. The summed E-state index contributed by atoms with van der Waals surface area (Å²) in [6.45, 7) is 3.69. The van der Waals surface area contributed by atoms with E-state index in [0.29, 0.717) is 17.8 Å². The quantitative estimate of drug-likeness (QED) is 0.667. The van der Waals surface area contributed by atoms with Crippen molar-refractivity contribution in [3.05, 3.63) is 50.8 Å². The number of hydrogen-bond acceptors (Lipinski definition) is 4. The van der Waals surface area contributed by atoms with Crippen molar-refractivity contribution in [1.82, 2.24) is 10.2 Å². The van der Waals surface area contributed by atoms with Gasteiger partial charge in [0.2, 0.25) is 0 Å². The molecule has 0 radical (unpaired) electrons. The number of nitrogens with one attached hydrogen (secondary N) is 2. The second-order valence-corrected chi connectivity index (χ2v) is 4.30. The highest BCUT2D eigenvalue weighted by atomic mass is 19.1. The van der Waals surface area contributed by atoms with Gasteiger partial charge in [0.1, 0.15) is 11.5 Å². The molecule has 0 atom stereocenters. The Bertz CT molecular complexity index is 650. The summed E-state index contributed by atoms with van der Waals surface area (Å²) < 4.78 is 26.7. The Morgan fingerprint density at radius 1 is 1.40 bits per heavy atom. The number of H-pyrrole nitrogens is 1. The van der Waals surface area contributed by atoms with Gasteiger partial charge in [-0.05, 0) is 13.8 Å². The van der Waals surface area contributed by atoms with Crippen LogP contribution in [0.15, 0.2) is 12.1 Å². The average molecular weight is 282 g/mol. The van der Waals surface area contributed by atoms with Crippen LogP contribution in [0.3, 0.4) is 0 Å². The molecule has 0 aliphatic carbocycles. The summed E-state index contributed by atoms with van der Waals surface area (Å²) in [6, 6.07) is 1.28. The molecule has 1 aromatic carbocycles. The number of aromatic nitrogens is 2. The lowest BCUT2D eigenvalue weighted by Crippen LogP contribution is -2.06. The van der Waals surface area contributed by atoms with Gasteiger partial charge in [-0.25, -0.2) is 8.78 Å². The van der Waals surface area contributed by atoms with Crippen LogP contribution < -0.4 is 5.32 Å². The average Bonchev–Trinajstić information content (AvgIpc) is 2.67. The molecule has 2 rings (SSSR count). The van der Waals surface area contributed by atoms with E-state index in [0.717, 1.165) is 11.3 Å². The Kier molecular flexibility index (Phi) is 3.64. The number of nitro groups is 1. The molecule has 20 heavy (non-hydrogen) atoms. The molecule has 0 saturated heterocycles. The van der Waals surface area contributed by atoms with Gasteiger partial charge in [-0.15, -0.1) is 0 Å². The summed E-state index contributed by atoms with van der Waals surface area (Å²) in [5.74, 6) is -1.99. The molecule has 0 amide bonds. The van der Waals surface area contributed by atoms with Gasteiger partial charge >= 0.3 is 0 Å². The summed E-state index contributed by atoms with van der Waals surface area (Å²) in [4.78, 5) is 10.0. The number of anilines is 1. The molecule has 106 valence electrons. The maximum atomic E-state index is 13.7. The smallest absolute Gasteiger partial charge is 0.298 e. The number of nitrogens with zero attached hydrogens (tertiary/aromatic N) is 2. The van der Waals surface area contributed by atoms with Crippen LogP contribution in [0.5, 0.6) is 0 Å². The zero-order valence-corrected chi connectivity index (χ0v) is 10.8. The summed E-state index contributed by atoms with van der Waals surface area (Å²) in [5, 5.41) is 20.2. The first-order valence-electron chi connectivity index (χ1n) is 5.78. The number of rotatable bonds is 4. The number of aryl methyl sites for hydroxylation is 2. The van der Waals surface area contributed by atoms with E-state index in [-0.39, 0.29) is 12.2 Å². The predicted octanol–water partition coefficient (Wildman–Crippen LogP) is 2.83. The van der Waals surface area contributed by atoms with Crippen LogP contribution in [0.4, 0.5) is 20.2 Å². The molecular formula is C12H12F2N4O2. The molecule has 8 heteroatoms. The van der Waals surface area contributed by atoms with Crippen molar-refractivity contribution in [2.24, 2.45) is 0 Å². The van der Waals surface area contributed by atoms with Crippen LogP contribution in [0.1, 0.15) is 17.0 Å². The van der Waals surface area contributed by atoms with Crippen molar-refractivity contribution in [1.29, 1.82) is 0 Å². The fourth-order valence-electron chi connectivity index (χ4n) is 1.89. The molecule has 0 aliphatic rings. The molecule has 1 aromatic heterocycles. The van der Waals surface area contributed by atoms with Crippen LogP contribution in [-0.2, 0) is 6.54 Å². The highest BCUT2D eigenvalue weighted by Gasteiger charge is 2.20. The minimum atomic E-state index is -1.00. The molecule has 2 N–H and O–H groups in total. The van der Waals surface area contributed by atoms with E-state index in [1.807, 2.05) is 0 Å². The number of hydrogen-bond donors (Lipinski definition) is 2. The molecule has 0 aliphatic heterocycles. The van der Waals surface area contributed by atoms with Gasteiger partial charge in [0, 0.05) is 23.9 Å². The van der Waals surface area contributed by atoms with E-state index >= 15 is 0 Å². The minimum absolute atomic E-state index is 0.150. The maximum absolute atomic E-state index is 13.7. The second kappa shape index (κ2) is 5.24. The monoisotopic (exact) mass is 282 g/mol. The number of halogens is 2. The Balaban J connectivity index is 2.32. The van der Waals surface area contributed by atoms with E-state index in [9.17, 15) is 18.9 Å². The standard InChI is InChI=1S/C12H12F2N4O2/c1-6-9(7(2)17-16-6)5-15-12-10(14)3-8(13)4-11(12)18(19)20/h3-4,15H,5H2,1-2H3,(H,16,17). The molecule has 1 heterocycles. The zero-order valence-electron chi connectivity index (χ0n) is 10.8. The lowest BCUT2D eigenvalue weighted by Gasteiger charge is -2.08. The van der Waals surface area contributed by atoms with Crippen molar-refractivity contribution in [3.8, 4) is 0 Å². The molecule has 0 saturated carbocycles. The first kappa shape index (κ1) is 13.9. The van der Waals surface area contributed by atoms with E-state index in [1.54, 1.807) is 13.8 Å². The lowest BCUT2D eigenvalue weighted by atomic mass is 10.2. The van der Waals surface area contributed by atoms with Crippen LogP contribution in [-0.4, -0.2) is 15.1 Å². The van der Waals surface area contributed by atoms with E-state index in [4.69, 9.17) is 0 Å². The third kappa shape index (κ3) is 2.58. The van der Waals surface area contributed by atoms with Gasteiger partial charge in [-0.3, -0.25) is 15.2 Å². The minimum Gasteiger partial charge on any atom is -0.373 e. The van der Waals surface area contributed by atoms with E-state index < -0.39 is 22.2 Å². The van der Waals surface area contributed by atoms with Crippen molar-refractivity contribution in [2.75, 3.05) is 5.32 Å². The topological polar surface area (TPSA) is 83.8 Å². The van der Waals surface area contributed by atoms with Gasteiger partial charge in [0.25, 0.3) is 5.69 Å². The fraction of sp³-hybridized carbons (Fsp3) is 0.250. The Hall–Kier alpha value is -2.51. The van der Waals surface area contributed by atoms with Gasteiger partial charge in [0.15, 0.2) is 5.82 Å². The second-order valence-electron chi connectivity index (χ2n) is 4.30. The molecule has 2 aromatic rings. The fourth-order valence-corrected chi connectivity index (χ4v) is 1.89. The van der Waals surface area contributed by atoms with Gasteiger partial charge < -0.3 is 5.32 Å². The Labute approximate surface area is 113 Å². The van der Waals surface area contributed by atoms with Gasteiger partial charge in [-0.1, -0.05) is 0 Å². The summed E-state index contributed by atoms with van der Waals surface area (Å²) in [7, 11) is 0. The molecule has 6 nitrogen and oxygen atoms in total. The van der Waals surface area contributed by atoms with Crippen molar-refractivity contribution in [3.63, 3.8) is 0 Å². The molecular weight excluding hydrogens is 270 g/mol. The van der Waals surface area contributed by atoms with Crippen molar-refractivity contribution in [2.45, 2.75) is 20.4 Å². The SMILES string of the molecule is Cc1n[nH]c(C)c1CNc1c(F)cc(F)cc1[N+](=O)[O-].